The van der Waals surface area contributed by atoms with Crippen LogP contribution in [-0.2, 0) is 11.2 Å². The van der Waals surface area contributed by atoms with Crippen LogP contribution in [0.25, 0.3) is 10.9 Å². The number of amides is 1. The van der Waals surface area contributed by atoms with Crippen LogP contribution in [0.3, 0.4) is 0 Å². The molecule has 4 rings (SSSR count). The van der Waals surface area contributed by atoms with E-state index in [0.29, 0.717) is 11.4 Å². The van der Waals surface area contributed by atoms with Gasteiger partial charge >= 0.3 is 0 Å². The van der Waals surface area contributed by atoms with Gasteiger partial charge in [-0.15, -0.1) is 0 Å². The van der Waals surface area contributed by atoms with Gasteiger partial charge in [0.15, 0.2) is 0 Å². The highest BCUT2D eigenvalue weighted by atomic mass is 35.5. The van der Waals surface area contributed by atoms with Crippen molar-refractivity contribution in [2.24, 2.45) is 5.10 Å². The fraction of sp³-hybridized carbons (Fsp3) is 0.200. The minimum atomic E-state index is -0.320. The van der Waals surface area contributed by atoms with Crippen LogP contribution in [0.2, 0.25) is 5.02 Å². The van der Waals surface area contributed by atoms with E-state index in [2.05, 4.69) is 39.9 Å². The van der Waals surface area contributed by atoms with E-state index in [9.17, 15) is 4.79 Å². The number of hydrogen-bond acceptors (Lipinski definition) is 3. The highest BCUT2D eigenvalue weighted by Gasteiger charge is 2.30. The second-order valence-corrected chi connectivity index (χ2v) is 6.93. The molecule has 0 saturated heterocycles. The number of hydrazone groups is 1. The van der Waals surface area contributed by atoms with E-state index in [4.69, 9.17) is 11.6 Å². The number of rotatable bonds is 3. The number of fused-ring (bicyclic) bond motifs is 3. The summed E-state index contributed by atoms with van der Waals surface area (Å²) in [5, 5.41) is 9.26. The van der Waals surface area contributed by atoms with Gasteiger partial charge in [-0.25, -0.2) is 5.43 Å². The first-order valence-corrected chi connectivity index (χ1v) is 8.93. The quantitative estimate of drug-likeness (QED) is 0.490. The van der Waals surface area contributed by atoms with Crippen molar-refractivity contribution >= 4 is 34.6 Å². The zero-order valence-corrected chi connectivity index (χ0v) is 15.0. The van der Waals surface area contributed by atoms with Crippen LogP contribution in [0.5, 0.6) is 0 Å². The molecule has 1 amide bonds. The van der Waals surface area contributed by atoms with Crippen molar-refractivity contribution in [2.75, 3.05) is 0 Å². The average Bonchev–Trinajstić information content (AvgIpc) is 3.03. The van der Waals surface area contributed by atoms with Gasteiger partial charge in [-0.05, 0) is 42.7 Å². The molecule has 2 aromatic carbocycles. The molecule has 0 spiro atoms. The Morgan fingerprint density at radius 3 is 2.81 bits per heavy atom. The number of halogens is 1. The minimum absolute atomic E-state index is 0.0714. The van der Waals surface area contributed by atoms with Gasteiger partial charge < -0.3 is 4.98 Å². The average molecular weight is 367 g/mol. The van der Waals surface area contributed by atoms with Crippen molar-refractivity contribution in [3.05, 3.63) is 70.4 Å². The summed E-state index contributed by atoms with van der Waals surface area (Å²) in [5.41, 5.74) is 6.97. The minimum Gasteiger partial charge on any atom is -0.357 e. The van der Waals surface area contributed by atoms with Crippen LogP contribution in [0.1, 0.15) is 29.8 Å². The number of nitrogens with one attached hydrogen (secondary N) is 3. The zero-order chi connectivity index (χ0) is 18.1. The Balaban J connectivity index is 1.48. The fourth-order valence-electron chi connectivity index (χ4n) is 3.42. The number of aromatic nitrogens is 1. The molecule has 2 heterocycles. The molecular weight excluding hydrogens is 348 g/mol. The first-order valence-electron chi connectivity index (χ1n) is 8.56. The molecule has 26 heavy (non-hydrogen) atoms. The molecule has 5 nitrogen and oxygen atoms in total. The Morgan fingerprint density at radius 2 is 2.00 bits per heavy atom. The van der Waals surface area contributed by atoms with Crippen molar-refractivity contribution in [1.29, 1.82) is 0 Å². The Bertz CT molecular complexity index is 977. The molecule has 0 fully saturated rings. The summed E-state index contributed by atoms with van der Waals surface area (Å²) in [6.07, 6.45) is 2.24. The molecule has 3 aromatic rings. The predicted molar refractivity (Wildman–Crippen MR) is 105 cm³/mol. The Labute approximate surface area is 156 Å². The summed E-state index contributed by atoms with van der Waals surface area (Å²) < 4.78 is 0. The van der Waals surface area contributed by atoms with Gasteiger partial charge in [-0.3, -0.25) is 10.1 Å². The van der Waals surface area contributed by atoms with E-state index in [1.165, 1.54) is 10.9 Å². The standard InChI is InChI=1S/C20H19ClN4O/c1-12-19-16(15-4-2-3-5-17(15)24-19)10-18(23-12)20(26)25-22-11-13-6-8-14(21)9-7-13/h2-9,11-12,18,23-24H,10H2,1H3,(H,25,26)/b22-11+/t12-,18+/m0/s1. The summed E-state index contributed by atoms with van der Waals surface area (Å²) in [7, 11) is 0. The number of H-pyrrole nitrogens is 1. The van der Waals surface area contributed by atoms with Crippen molar-refractivity contribution in [1.82, 2.24) is 15.7 Å². The molecular formula is C20H19ClN4O. The van der Waals surface area contributed by atoms with E-state index in [0.717, 1.165) is 16.8 Å². The first-order chi connectivity index (χ1) is 12.6. The SMILES string of the molecule is C[C@@H]1N[C@@H](C(=O)N/N=C/c2ccc(Cl)cc2)Cc2c1[nH]c1ccccc21. The topological polar surface area (TPSA) is 69.3 Å². The molecule has 132 valence electrons. The van der Waals surface area contributed by atoms with E-state index in [-0.39, 0.29) is 18.0 Å². The molecule has 3 N–H and O–H groups in total. The van der Waals surface area contributed by atoms with Crippen molar-refractivity contribution in [3.63, 3.8) is 0 Å². The van der Waals surface area contributed by atoms with Crippen LogP contribution in [0, 0.1) is 0 Å². The van der Waals surface area contributed by atoms with Gasteiger partial charge in [0.2, 0.25) is 0 Å². The van der Waals surface area contributed by atoms with Crippen LogP contribution in [0.15, 0.2) is 53.6 Å². The van der Waals surface area contributed by atoms with Crippen molar-refractivity contribution in [3.8, 4) is 0 Å². The van der Waals surface area contributed by atoms with Crippen molar-refractivity contribution < 1.29 is 4.79 Å². The van der Waals surface area contributed by atoms with Gasteiger partial charge in [0.25, 0.3) is 5.91 Å². The lowest BCUT2D eigenvalue weighted by Gasteiger charge is -2.27. The predicted octanol–water partition coefficient (Wildman–Crippen LogP) is 3.55. The third-order valence-corrected chi connectivity index (χ3v) is 4.97. The molecule has 0 saturated carbocycles. The maximum atomic E-state index is 12.5. The maximum Gasteiger partial charge on any atom is 0.257 e. The van der Waals surface area contributed by atoms with E-state index >= 15 is 0 Å². The summed E-state index contributed by atoms with van der Waals surface area (Å²) in [4.78, 5) is 16.0. The van der Waals surface area contributed by atoms with E-state index in [1.807, 2.05) is 24.3 Å². The molecule has 0 unspecified atom stereocenters. The highest BCUT2D eigenvalue weighted by molar-refractivity contribution is 6.30. The summed E-state index contributed by atoms with van der Waals surface area (Å²) in [6.45, 7) is 2.06. The van der Waals surface area contributed by atoms with Gasteiger partial charge in [0.05, 0.1) is 12.3 Å². The van der Waals surface area contributed by atoms with E-state index in [1.54, 1.807) is 18.3 Å². The summed E-state index contributed by atoms with van der Waals surface area (Å²) in [6, 6.07) is 15.2. The molecule has 2 atom stereocenters. The Morgan fingerprint density at radius 1 is 1.23 bits per heavy atom. The fourth-order valence-corrected chi connectivity index (χ4v) is 3.55. The smallest absolute Gasteiger partial charge is 0.257 e. The molecule has 1 aliphatic rings. The molecule has 1 aliphatic heterocycles. The second-order valence-electron chi connectivity index (χ2n) is 6.49. The summed E-state index contributed by atoms with van der Waals surface area (Å²) in [5.74, 6) is -0.141. The lowest BCUT2D eigenvalue weighted by molar-refractivity contribution is -0.123. The van der Waals surface area contributed by atoms with Gasteiger partial charge in [-0.1, -0.05) is 41.9 Å². The lowest BCUT2D eigenvalue weighted by Crippen LogP contribution is -2.47. The lowest BCUT2D eigenvalue weighted by atomic mass is 9.94. The number of carbonyl (C=O) groups is 1. The highest BCUT2D eigenvalue weighted by Crippen LogP contribution is 2.31. The van der Waals surface area contributed by atoms with Crippen LogP contribution in [0.4, 0.5) is 0 Å². The second kappa shape index (κ2) is 6.94. The van der Waals surface area contributed by atoms with Crippen LogP contribution in [-0.4, -0.2) is 23.1 Å². The molecule has 6 heteroatoms. The number of nitrogens with zero attached hydrogens (tertiary/aromatic N) is 1. The Kier molecular flexibility index (Phi) is 4.49. The maximum absolute atomic E-state index is 12.5. The van der Waals surface area contributed by atoms with Gasteiger partial charge in [0, 0.05) is 27.7 Å². The molecule has 1 aromatic heterocycles. The normalized spacial score (nSPS) is 19.6. The number of aromatic amines is 1. The third-order valence-electron chi connectivity index (χ3n) is 4.71. The van der Waals surface area contributed by atoms with Crippen molar-refractivity contribution in [2.45, 2.75) is 25.4 Å². The third kappa shape index (κ3) is 3.23. The molecule has 0 radical (unpaired) electrons. The monoisotopic (exact) mass is 366 g/mol. The molecule has 0 aliphatic carbocycles. The number of hydrogen-bond donors (Lipinski definition) is 3. The van der Waals surface area contributed by atoms with E-state index < -0.39 is 0 Å². The Hall–Kier alpha value is -2.63. The summed E-state index contributed by atoms with van der Waals surface area (Å²) >= 11 is 5.86. The number of para-hydroxylation sites is 1. The molecule has 0 bridgehead atoms. The van der Waals surface area contributed by atoms with Gasteiger partial charge in [0.1, 0.15) is 0 Å². The number of benzene rings is 2. The zero-order valence-electron chi connectivity index (χ0n) is 14.3. The van der Waals surface area contributed by atoms with Gasteiger partial charge in [-0.2, -0.15) is 5.10 Å². The largest absolute Gasteiger partial charge is 0.357 e. The first kappa shape index (κ1) is 16.8. The number of carbonyl (C=O) groups excluding carboxylic acids is 1. The van der Waals surface area contributed by atoms with Crippen LogP contribution >= 0.6 is 11.6 Å². The van der Waals surface area contributed by atoms with Crippen LogP contribution < -0.4 is 10.7 Å².